The minimum atomic E-state index is 0.872. The number of hydrogen-bond donors (Lipinski definition) is 1. The van der Waals surface area contributed by atoms with Crippen LogP contribution >= 0.6 is 0 Å². The van der Waals surface area contributed by atoms with Crippen molar-refractivity contribution in [3.8, 4) is 0 Å². The van der Waals surface area contributed by atoms with Crippen LogP contribution in [0.15, 0.2) is 0 Å². The number of rotatable bonds is 7. The Balaban J connectivity index is 1.35. The normalized spacial score (nSPS) is 41.5. The number of fused-ring (bicyclic) bond motifs is 5. The maximum absolute atomic E-state index is 5.09. The van der Waals surface area contributed by atoms with Crippen LogP contribution in [0.5, 0.6) is 0 Å². The summed E-state index contributed by atoms with van der Waals surface area (Å²) in [5, 5.41) is 3.86. The first kappa shape index (κ1) is 12.9. The number of nitrogens with one attached hydrogen (secondary N) is 1. The molecule has 5 atom stereocenters. The summed E-state index contributed by atoms with van der Waals surface area (Å²) in [5.74, 6) is 4.37. The molecule has 3 aliphatic carbocycles. The SMILES string of the molecule is COCCCCCNC1CC2CC1C1CCCC21. The van der Waals surface area contributed by atoms with Crippen molar-refractivity contribution in [2.24, 2.45) is 23.7 Å². The van der Waals surface area contributed by atoms with Gasteiger partial charge in [0.25, 0.3) is 0 Å². The Kier molecular flexibility index (Phi) is 4.25. The Morgan fingerprint density at radius 2 is 1.89 bits per heavy atom. The molecule has 2 bridgehead atoms. The Hall–Kier alpha value is -0.0800. The predicted molar refractivity (Wildman–Crippen MR) is 74.6 cm³/mol. The number of ether oxygens (including phenoxy) is 1. The van der Waals surface area contributed by atoms with E-state index in [-0.39, 0.29) is 0 Å². The smallest absolute Gasteiger partial charge is 0.0462 e. The van der Waals surface area contributed by atoms with E-state index in [1.165, 1.54) is 45.1 Å². The van der Waals surface area contributed by atoms with Crippen LogP contribution in [0.1, 0.15) is 51.4 Å². The third-order valence-corrected chi connectivity index (χ3v) is 5.86. The van der Waals surface area contributed by atoms with E-state index in [9.17, 15) is 0 Å². The van der Waals surface area contributed by atoms with Crippen LogP contribution in [0.2, 0.25) is 0 Å². The molecule has 3 aliphatic rings. The Morgan fingerprint density at radius 3 is 2.78 bits per heavy atom. The van der Waals surface area contributed by atoms with Crippen molar-refractivity contribution in [2.75, 3.05) is 20.3 Å². The van der Waals surface area contributed by atoms with E-state index in [2.05, 4.69) is 5.32 Å². The fraction of sp³-hybridized carbons (Fsp3) is 1.00. The van der Waals surface area contributed by atoms with E-state index < -0.39 is 0 Å². The van der Waals surface area contributed by atoms with Crippen LogP contribution in [-0.2, 0) is 4.74 Å². The molecule has 5 unspecified atom stereocenters. The molecule has 2 nitrogen and oxygen atoms in total. The summed E-state index contributed by atoms with van der Waals surface area (Å²) in [5.41, 5.74) is 0. The van der Waals surface area contributed by atoms with Gasteiger partial charge in [-0.1, -0.05) is 6.42 Å². The monoisotopic (exact) mass is 251 g/mol. The zero-order valence-electron chi connectivity index (χ0n) is 11.9. The van der Waals surface area contributed by atoms with Crippen LogP contribution in [0.4, 0.5) is 0 Å². The van der Waals surface area contributed by atoms with Gasteiger partial charge >= 0.3 is 0 Å². The molecule has 0 aromatic heterocycles. The summed E-state index contributed by atoms with van der Waals surface area (Å²) in [4.78, 5) is 0. The summed E-state index contributed by atoms with van der Waals surface area (Å²) < 4.78 is 5.09. The highest BCUT2D eigenvalue weighted by Gasteiger charge is 2.53. The second-order valence-corrected chi connectivity index (χ2v) is 6.77. The molecule has 0 heterocycles. The van der Waals surface area contributed by atoms with E-state index in [1.807, 2.05) is 0 Å². The van der Waals surface area contributed by atoms with Crippen molar-refractivity contribution in [3.63, 3.8) is 0 Å². The Bertz CT molecular complexity index is 268. The fourth-order valence-corrected chi connectivity index (χ4v) is 5.14. The van der Waals surface area contributed by atoms with Gasteiger partial charge in [-0.3, -0.25) is 0 Å². The van der Waals surface area contributed by atoms with Gasteiger partial charge in [0.05, 0.1) is 0 Å². The van der Waals surface area contributed by atoms with Gasteiger partial charge < -0.3 is 10.1 Å². The molecule has 0 amide bonds. The quantitative estimate of drug-likeness (QED) is 0.702. The van der Waals surface area contributed by atoms with Crippen molar-refractivity contribution in [2.45, 2.75) is 57.4 Å². The van der Waals surface area contributed by atoms with Crippen LogP contribution in [0.25, 0.3) is 0 Å². The molecule has 2 heteroatoms. The molecule has 0 spiro atoms. The van der Waals surface area contributed by atoms with E-state index in [0.29, 0.717) is 0 Å². The largest absolute Gasteiger partial charge is 0.385 e. The molecule has 0 aliphatic heterocycles. The lowest BCUT2D eigenvalue weighted by Crippen LogP contribution is -2.39. The molecule has 3 rings (SSSR count). The summed E-state index contributed by atoms with van der Waals surface area (Å²) in [6.07, 6.45) is 11.5. The van der Waals surface area contributed by atoms with E-state index >= 15 is 0 Å². The molecule has 0 aromatic rings. The first-order valence-electron chi connectivity index (χ1n) is 8.12. The van der Waals surface area contributed by atoms with Gasteiger partial charge in [0, 0.05) is 19.8 Å². The predicted octanol–water partition coefficient (Wildman–Crippen LogP) is 3.22. The molecule has 18 heavy (non-hydrogen) atoms. The average molecular weight is 251 g/mol. The summed E-state index contributed by atoms with van der Waals surface area (Å²) >= 11 is 0. The van der Waals surface area contributed by atoms with Crippen molar-refractivity contribution in [1.29, 1.82) is 0 Å². The summed E-state index contributed by atoms with van der Waals surface area (Å²) in [7, 11) is 1.80. The molecule has 104 valence electrons. The highest BCUT2D eigenvalue weighted by molar-refractivity contribution is 5.05. The van der Waals surface area contributed by atoms with E-state index in [4.69, 9.17) is 4.74 Å². The lowest BCUT2D eigenvalue weighted by molar-refractivity contribution is 0.190. The minimum absolute atomic E-state index is 0.872. The van der Waals surface area contributed by atoms with Gasteiger partial charge in [0.2, 0.25) is 0 Å². The van der Waals surface area contributed by atoms with E-state index in [1.54, 1.807) is 20.0 Å². The molecule has 0 radical (unpaired) electrons. The lowest BCUT2D eigenvalue weighted by atomic mass is 9.79. The topological polar surface area (TPSA) is 21.3 Å². The number of hydrogen-bond acceptors (Lipinski definition) is 2. The van der Waals surface area contributed by atoms with Gasteiger partial charge in [-0.2, -0.15) is 0 Å². The molecular formula is C16H29NO. The molecule has 0 saturated heterocycles. The maximum atomic E-state index is 5.09. The minimum Gasteiger partial charge on any atom is -0.385 e. The highest BCUT2D eigenvalue weighted by atomic mass is 16.5. The molecule has 0 aromatic carbocycles. The van der Waals surface area contributed by atoms with Crippen LogP contribution in [-0.4, -0.2) is 26.3 Å². The number of unbranched alkanes of at least 4 members (excludes halogenated alkanes) is 2. The first-order valence-corrected chi connectivity index (χ1v) is 8.12. The van der Waals surface area contributed by atoms with Crippen molar-refractivity contribution < 1.29 is 4.74 Å². The van der Waals surface area contributed by atoms with Gasteiger partial charge in [-0.25, -0.2) is 0 Å². The highest BCUT2D eigenvalue weighted by Crippen LogP contribution is 2.58. The molecule has 3 fully saturated rings. The van der Waals surface area contributed by atoms with Crippen LogP contribution in [0, 0.1) is 23.7 Å². The number of methoxy groups -OCH3 is 1. The summed E-state index contributed by atoms with van der Waals surface area (Å²) in [6.45, 7) is 2.16. The summed E-state index contributed by atoms with van der Waals surface area (Å²) in [6, 6.07) is 0.872. The van der Waals surface area contributed by atoms with Gasteiger partial charge in [-0.15, -0.1) is 0 Å². The third kappa shape index (κ3) is 2.46. The standard InChI is InChI=1S/C16H29NO/c1-18-9-4-2-3-8-17-16-11-12-10-15(16)14-7-5-6-13(12)14/h12-17H,2-11H2,1H3. The van der Waals surface area contributed by atoms with Gasteiger partial charge in [-0.05, 0) is 75.2 Å². The maximum Gasteiger partial charge on any atom is 0.0462 e. The van der Waals surface area contributed by atoms with Gasteiger partial charge in [0.15, 0.2) is 0 Å². The van der Waals surface area contributed by atoms with Crippen molar-refractivity contribution in [1.82, 2.24) is 5.32 Å². The zero-order valence-corrected chi connectivity index (χ0v) is 11.9. The molecule has 3 saturated carbocycles. The Labute approximate surface area is 112 Å². The first-order chi connectivity index (χ1) is 8.90. The third-order valence-electron chi connectivity index (χ3n) is 5.86. The molecule has 1 N–H and O–H groups in total. The zero-order chi connectivity index (χ0) is 12.4. The van der Waals surface area contributed by atoms with Crippen molar-refractivity contribution >= 4 is 0 Å². The second-order valence-electron chi connectivity index (χ2n) is 6.77. The van der Waals surface area contributed by atoms with Gasteiger partial charge in [0.1, 0.15) is 0 Å². The van der Waals surface area contributed by atoms with Crippen molar-refractivity contribution in [3.05, 3.63) is 0 Å². The second kappa shape index (κ2) is 5.92. The Morgan fingerprint density at radius 1 is 1.00 bits per heavy atom. The average Bonchev–Trinajstić information content (AvgIpc) is 3.04. The lowest BCUT2D eigenvalue weighted by Gasteiger charge is -2.32. The van der Waals surface area contributed by atoms with Crippen LogP contribution in [0.3, 0.4) is 0 Å². The fourth-order valence-electron chi connectivity index (χ4n) is 5.14. The van der Waals surface area contributed by atoms with Crippen LogP contribution < -0.4 is 5.32 Å². The van der Waals surface area contributed by atoms with E-state index in [0.717, 1.165) is 36.3 Å². The molecular weight excluding hydrogens is 222 g/mol.